The summed E-state index contributed by atoms with van der Waals surface area (Å²) >= 11 is 0. The molecule has 2 rings (SSSR count). The molecule has 0 unspecified atom stereocenters. The summed E-state index contributed by atoms with van der Waals surface area (Å²) in [5.41, 5.74) is 2.18. The third-order valence-electron chi connectivity index (χ3n) is 2.25. The number of aromatic nitrogens is 3. The van der Waals surface area contributed by atoms with Crippen LogP contribution in [0.5, 0.6) is 0 Å². The first-order valence-electron chi connectivity index (χ1n) is 4.66. The van der Waals surface area contributed by atoms with Crippen LogP contribution in [0.25, 0.3) is 11.2 Å². The van der Waals surface area contributed by atoms with Crippen molar-refractivity contribution in [1.82, 2.24) is 14.5 Å². The Morgan fingerprint density at radius 2 is 2.21 bits per heavy atom. The van der Waals surface area contributed by atoms with E-state index in [-0.39, 0.29) is 5.43 Å². The molecule has 4 heteroatoms. The van der Waals surface area contributed by atoms with Crippen molar-refractivity contribution in [2.45, 2.75) is 26.8 Å². The Labute approximate surface area is 81.6 Å². The number of imidazole rings is 1. The first-order valence-corrected chi connectivity index (χ1v) is 4.66. The second-order valence-corrected chi connectivity index (χ2v) is 3.76. The number of rotatable bonds is 1. The number of hydrogen-bond donors (Lipinski definition) is 1. The van der Waals surface area contributed by atoms with Crippen molar-refractivity contribution in [3.05, 3.63) is 28.3 Å². The number of nitrogens with zero attached hydrogens (tertiary/aromatic N) is 2. The predicted molar refractivity (Wildman–Crippen MR) is 55.5 cm³/mol. The number of H-pyrrole nitrogens is 1. The fourth-order valence-electron chi connectivity index (χ4n) is 1.54. The first-order chi connectivity index (χ1) is 6.59. The minimum atomic E-state index is -0.0179. The zero-order chi connectivity index (χ0) is 10.3. The van der Waals surface area contributed by atoms with E-state index >= 15 is 0 Å². The molecule has 1 N–H and O–H groups in total. The van der Waals surface area contributed by atoms with Gasteiger partial charge in [-0.15, -0.1) is 0 Å². The summed E-state index contributed by atoms with van der Waals surface area (Å²) in [5.74, 6) is 0. The van der Waals surface area contributed by atoms with Gasteiger partial charge in [0.05, 0.1) is 6.33 Å². The molecule has 0 spiro atoms. The van der Waals surface area contributed by atoms with Crippen LogP contribution in [-0.2, 0) is 0 Å². The summed E-state index contributed by atoms with van der Waals surface area (Å²) in [7, 11) is 0. The molecule has 2 heterocycles. The van der Waals surface area contributed by atoms with Crippen LogP contribution in [-0.4, -0.2) is 14.5 Å². The summed E-state index contributed by atoms with van der Waals surface area (Å²) in [6.45, 7) is 5.99. The van der Waals surface area contributed by atoms with Gasteiger partial charge in [-0.1, -0.05) is 0 Å². The molecule has 74 valence electrons. The highest BCUT2D eigenvalue weighted by atomic mass is 16.1. The van der Waals surface area contributed by atoms with Crippen LogP contribution in [0.15, 0.2) is 17.2 Å². The second-order valence-electron chi connectivity index (χ2n) is 3.76. The molecule has 0 atom stereocenters. The van der Waals surface area contributed by atoms with Gasteiger partial charge in [-0.25, -0.2) is 4.98 Å². The smallest absolute Gasteiger partial charge is 0.209 e. The van der Waals surface area contributed by atoms with E-state index < -0.39 is 0 Å². The van der Waals surface area contributed by atoms with Gasteiger partial charge in [0.15, 0.2) is 5.52 Å². The van der Waals surface area contributed by atoms with Crippen molar-refractivity contribution in [3.8, 4) is 0 Å². The molecular formula is C10H13N3O. The third kappa shape index (κ3) is 1.23. The molecule has 0 radical (unpaired) electrons. The van der Waals surface area contributed by atoms with Crippen molar-refractivity contribution in [3.63, 3.8) is 0 Å². The Kier molecular flexibility index (Phi) is 1.91. The molecule has 0 bridgehead atoms. The Morgan fingerprint density at radius 1 is 1.50 bits per heavy atom. The van der Waals surface area contributed by atoms with Crippen LogP contribution in [0.1, 0.15) is 25.6 Å². The van der Waals surface area contributed by atoms with Crippen LogP contribution in [0.2, 0.25) is 0 Å². The lowest BCUT2D eigenvalue weighted by Crippen LogP contribution is -2.06. The lowest BCUT2D eigenvalue weighted by atomic mass is 10.3. The van der Waals surface area contributed by atoms with Gasteiger partial charge in [0.25, 0.3) is 0 Å². The monoisotopic (exact) mass is 191 g/mol. The summed E-state index contributed by atoms with van der Waals surface area (Å²) in [4.78, 5) is 18.8. The molecule has 2 aromatic heterocycles. The van der Waals surface area contributed by atoms with Crippen molar-refractivity contribution >= 4 is 11.2 Å². The largest absolute Gasteiger partial charge is 0.343 e. The van der Waals surface area contributed by atoms with Gasteiger partial charge in [0.2, 0.25) is 5.43 Å². The average Bonchev–Trinajstić information content (AvgIpc) is 2.47. The van der Waals surface area contributed by atoms with E-state index in [0.717, 1.165) is 11.3 Å². The Balaban J connectivity index is 2.85. The van der Waals surface area contributed by atoms with Gasteiger partial charge in [0, 0.05) is 17.8 Å². The third-order valence-corrected chi connectivity index (χ3v) is 2.25. The Bertz CT molecular complexity index is 522. The van der Waals surface area contributed by atoms with E-state index in [9.17, 15) is 4.79 Å². The summed E-state index contributed by atoms with van der Waals surface area (Å²) < 4.78 is 1.96. The molecule has 0 amide bonds. The van der Waals surface area contributed by atoms with Gasteiger partial charge in [-0.05, 0) is 20.8 Å². The van der Waals surface area contributed by atoms with Crippen LogP contribution in [0.3, 0.4) is 0 Å². The maximum atomic E-state index is 11.5. The zero-order valence-corrected chi connectivity index (χ0v) is 8.53. The number of hydrogen-bond acceptors (Lipinski definition) is 2. The minimum Gasteiger partial charge on any atom is -0.343 e. The highest BCUT2D eigenvalue weighted by Crippen LogP contribution is 2.12. The number of aromatic amines is 1. The zero-order valence-electron chi connectivity index (χ0n) is 8.53. The highest BCUT2D eigenvalue weighted by Gasteiger charge is 2.08. The average molecular weight is 191 g/mol. The standard InChI is InChI=1S/C10H13N3O/c1-6(2)13-5-11-9-8(14)4-7(3)12-10(9)13/h4-6H,1-3H3,(H,12,14). The lowest BCUT2D eigenvalue weighted by molar-refractivity contribution is 0.612. The normalized spacial score (nSPS) is 11.4. The molecule has 2 aromatic rings. The molecule has 0 aliphatic rings. The van der Waals surface area contributed by atoms with E-state index in [1.165, 1.54) is 0 Å². The fourth-order valence-corrected chi connectivity index (χ4v) is 1.54. The molecule has 0 fully saturated rings. The minimum absolute atomic E-state index is 0.0179. The van der Waals surface area contributed by atoms with Crippen LogP contribution in [0.4, 0.5) is 0 Å². The number of pyridine rings is 1. The van der Waals surface area contributed by atoms with Crippen LogP contribution >= 0.6 is 0 Å². The molecule has 0 aliphatic carbocycles. The predicted octanol–water partition coefficient (Wildman–Crippen LogP) is 1.61. The molecule has 0 aromatic carbocycles. The van der Waals surface area contributed by atoms with Gasteiger partial charge in [-0.3, -0.25) is 4.79 Å². The maximum absolute atomic E-state index is 11.5. The Morgan fingerprint density at radius 3 is 2.86 bits per heavy atom. The quantitative estimate of drug-likeness (QED) is 0.744. The maximum Gasteiger partial charge on any atom is 0.209 e. The van der Waals surface area contributed by atoms with Crippen molar-refractivity contribution < 1.29 is 0 Å². The second kappa shape index (κ2) is 2.97. The van der Waals surface area contributed by atoms with E-state index in [1.54, 1.807) is 12.4 Å². The van der Waals surface area contributed by atoms with E-state index in [4.69, 9.17) is 0 Å². The SMILES string of the molecule is Cc1cc(=O)c2ncn(C(C)C)c2[nH]1. The van der Waals surface area contributed by atoms with Gasteiger partial charge >= 0.3 is 0 Å². The fraction of sp³-hybridized carbons (Fsp3) is 0.400. The Hall–Kier alpha value is -1.58. The molecular weight excluding hydrogens is 178 g/mol. The van der Waals surface area contributed by atoms with E-state index in [2.05, 4.69) is 23.8 Å². The van der Waals surface area contributed by atoms with Gasteiger partial charge < -0.3 is 9.55 Å². The number of aryl methyl sites for hydroxylation is 1. The molecule has 4 nitrogen and oxygen atoms in total. The number of fused-ring (bicyclic) bond motifs is 1. The molecule has 14 heavy (non-hydrogen) atoms. The van der Waals surface area contributed by atoms with Crippen molar-refractivity contribution in [2.24, 2.45) is 0 Å². The lowest BCUT2D eigenvalue weighted by Gasteiger charge is -2.07. The van der Waals surface area contributed by atoms with Gasteiger partial charge in [0.1, 0.15) is 5.65 Å². The summed E-state index contributed by atoms with van der Waals surface area (Å²) in [5, 5.41) is 0. The van der Waals surface area contributed by atoms with E-state index in [1.807, 2.05) is 11.5 Å². The van der Waals surface area contributed by atoms with Crippen molar-refractivity contribution in [1.29, 1.82) is 0 Å². The van der Waals surface area contributed by atoms with Crippen LogP contribution in [0, 0.1) is 6.92 Å². The molecule has 0 aliphatic heterocycles. The molecule has 0 saturated carbocycles. The van der Waals surface area contributed by atoms with Gasteiger partial charge in [-0.2, -0.15) is 0 Å². The number of nitrogens with one attached hydrogen (secondary N) is 1. The van der Waals surface area contributed by atoms with Crippen molar-refractivity contribution in [2.75, 3.05) is 0 Å². The first kappa shape index (κ1) is 8.99. The topological polar surface area (TPSA) is 50.7 Å². The highest BCUT2D eigenvalue weighted by molar-refractivity contribution is 5.70. The van der Waals surface area contributed by atoms with E-state index in [0.29, 0.717) is 11.6 Å². The van der Waals surface area contributed by atoms with Crippen LogP contribution < -0.4 is 5.43 Å². The summed E-state index contributed by atoms with van der Waals surface area (Å²) in [6.07, 6.45) is 1.70. The molecule has 0 saturated heterocycles. The summed E-state index contributed by atoms with van der Waals surface area (Å²) in [6, 6.07) is 1.87.